The van der Waals surface area contributed by atoms with Crippen LogP contribution in [0.1, 0.15) is 11.1 Å². The molecule has 0 radical (unpaired) electrons. The van der Waals surface area contributed by atoms with E-state index in [4.69, 9.17) is 4.74 Å². The minimum absolute atomic E-state index is 0.367. The molecular formula is C9H10BrNO2. The third-order valence-electron chi connectivity index (χ3n) is 2.34. The minimum atomic E-state index is -0.819. The molecule has 0 amide bonds. The van der Waals surface area contributed by atoms with Gasteiger partial charge in [-0.1, -0.05) is 0 Å². The fourth-order valence-corrected chi connectivity index (χ4v) is 1.75. The Hall–Kier alpha value is -0.450. The quantitative estimate of drug-likeness (QED) is 0.811. The minimum Gasteiger partial charge on any atom is -0.380 e. The molecule has 0 spiro atoms. The highest BCUT2D eigenvalue weighted by molar-refractivity contribution is 9.10. The van der Waals surface area contributed by atoms with Gasteiger partial charge in [-0.05, 0) is 28.4 Å². The molecule has 0 unspecified atom stereocenters. The van der Waals surface area contributed by atoms with Crippen molar-refractivity contribution in [1.82, 2.24) is 4.98 Å². The Morgan fingerprint density at radius 3 is 2.77 bits per heavy atom. The van der Waals surface area contributed by atoms with Crippen molar-refractivity contribution < 1.29 is 9.84 Å². The number of hydrogen-bond donors (Lipinski definition) is 1. The van der Waals surface area contributed by atoms with Crippen molar-refractivity contribution in [3.05, 3.63) is 28.0 Å². The molecule has 0 bridgehead atoms. The summed E-state index contributed by atoms with van der Waals surface area (Å²) in [5.74, 6) is 0. The van der Waals surface area contributed by atoms with Gasteiger partial charge in [0.15, 0.2) is 0 Å². The first-order chi connectivity index (χ1) is 6.13. The van der Waals surface area contributed by atoms with E-state index in [0.717, 1.165) is 15.6 Å². The van der Waals surface area contributed by atoms with Crippen LogP contribution in [0, 0.1) is 6.92 Å². The Morgan fingerprint density at radius 1 is 1.54 bits per heavy atom. The second kappa shape index (κ2) is 3.04. The van der Waals surface area contributed by atoms with Gasteiger partial charge in [0, 0.05) is 22.4 Å². The third-order valence-corrected chi connectivity index (χ3v) is 3.14. The van der Waals surface area contributed by atoms with Gasteiger partial charge in [0.2, 0.25) is 0 Å². The van der Waals surface area contributed by atoms with Crippen LogP contribution in [0.2, 0.25) is 0 Å². The lowest BCUT2D eigenvalue weighted by Gasteiger charge is -2.37. The predicted octanol–water partition coefficient (Wildman–Crippen LogP) is 1.37. The highest BCUT2D eigenvalue weighted by Gasteiger charge is 2.39. The number of pyridine rings is 1. The zero-order valence-electron chi connectivity index (χ0n) is 7.25. The van der Waals surface area contributed by atoms with E-state index in [0.29, 0.717) is 13.2 Å². The fraction of sp³-hybridized carbons (Fsp3) is 0.444. The molecule has 13 heavy (non-hydrogen) atoms. The summed E-state index contributed by atoms with van der Waals surface area (Å²) in [7, 11) is 0. The number of hydrogen-bond acceptors (Lipinski definition) is 3. The third kappa shape index (κ3) is 1.39. The average Bonchev–Trinajstić information content (AvgIpc) is 2.06. The van der Waals surface area contributed by atoms with E-state index < -0.39 is 5.60 Å². The van der Waals surface area contributed by atoms with E-state index in [1.54, 1.807) is 12.4 Å². The molecule has 3 nitrogen and oxygen atoms in total. The molecule has 0 saturated carbocycles. The fourth-order valence-electron chi connectivity index (χ4n) is 1.42. The topological polar surface area (TPSA) is 42.4 Å². The van der Waals surface area contributed by atoms with Gasteiger partial charge in [-0.25, -0.2) is 0 Å². The van der Waals surface area contributed by atoms with Crippen LogP contribution in [-0.2, 0) is 10.3 Å². The van der Waals surface area contributed by atoms with Crippen LogP contribution in [-0.4, -0.2) is 23.3 Å². The van der Waals surface area contributed by atoms with Crippen LogP contribution in [0.15, 0.2) is 16.9 Å². The molecule has 1 aliphatic rings. The Balaban J connectivity index is 2.45. The zero-order chi connectivity index (χ0) is 9.47. The average molecular weight is 244 g/mol. The van der Waals surface area contributed by atoms with Crippen LogP contribution in [0.25, 0.3) is 0 Å². The van der Waals surface area contributed by atoms with Gasteiger partial charge in [0.1, 0.15) is 5.60 Å². The van der Waals surface area contributed by atoms with Gasteiger partial charge in [0.25, 0.3) is 0 Å². The molecule has 1 saturated heterocycles. The van der Waals surface area contributed by atoms with Gasteiger partial charge in [-0.15, -0.1) is 0 Å². The van der Waals surface area contributed by atoms with Crippen LogP contribution in [0.4, 0.5) is 0 Å². The molecular weight excluding hydrogens is 234 g/mol. The van der Waals surface area contributed by atoms with Gasteiger partial charge >= 0.3 is 0 Å². The van der Waals surface area contributed by atoms with Gasteiger partial charge in [0.05, 0.1) is 13.2 Å². The Labute approximate surface area is 84.9 Å². The smallest absolute Gasteiger partial charge is 0.138 e. The molecule has 4 heteroatoms. The van der Waals surface area contributed by atoms with E-state index in [9.17, 15) is 5.11 Å². The molecule has 0 atom stereocenters. The summed E-state index contributed by atoms with van der Waals surface area (Å²) in [6.45, 7) is 2.69. The van der Waals surface area contributed by atoms with Crippen molar-refractivity contribution in [2.45, 2.75) is 12.5 Å². The van der Waals surface area contributed by atoms with Crippen molar-refractivity contribution in [3.8, 4) is 0 Å². The van der Waals surface area contributed by atoms with E-state index in [1.165, 1.54) is 0 Å². The summed E-state index contributed by atoms with van der Waals surface area (Å²) in [5, 5.41) is 10.0. The van der Waals surface area contributed by atoms with Crippen molar-refractivity contribution >= 4 is 15.9 Å². The predicted molar refractivity (Wildman–Crippen MR) is 51.4 cm³/mol. The van der Waals surface area contributed by atoms with Crippen molar-refractivity contribution in [2.24, 2.45) is 0 Å². The standard InChI is InChI=1S/C9H10BrNO2/c1-6-7(2-11-3-8(6)10)9(12)4-13-5-9/h2-3,12H,4-5H2,1H3. The summed E-state index contributed by atoms with van der Waals surface area (Å²) in [6, 6.07) is 0. The lowest BCUT2D eigenvalue weighted by atomic mass is 9.90. The zero-order valence-corrected chi connectivity index (χ0v) is 8.84. The maximum Gasteiger partial charge on any atom is 0.138 e. The van der Waals surface area contributed by atoms with Crippen LogP contribution >= 0.6 is 15.9 Å². The first-order valence-corrected chi connectivity index (χ1v) is 4.83. The van der Waals surface area contributed by atoms with Crippen molar-refractivity contribution in [3.63, 3.8) is 0 Å². The Kier molecular flexibility index (Phi) is 2.14. The summed E-state index contributed by atoms with van der Waals surface area (Å²) in [5.41, 5.74) is 1.06. The summed E-state index contributed by atoms with van der Waals surface area (Å²) >= 11 is 3.38. The van der Waals surface area contributed by atoms with Crippen LogP contribution in [0.3, 0.4) is 0 Å². The molecule has 70 valence electrons. The number of ether oxygens (including phenoxy) is 1. The Morgan fingerprint density at radius 2 is 2.23 bits per heavy atom. The molecule has 1 N–H and O–H groups in total. The number of nitrogens with zero attached hydrogens (tertiary/aromatic N) is 1. The van der Waals surface area contributed by atoms with Crippen molar-refractivity contribution in [2.75, 3.05) is 13.2 Å². The van der Waals surface area contributed by atoms with E-state index in [-0.39, 0.29) is 0 Å². The summed E-state index contributed by atoms with van der Waals surface area (Å²) in [4.78, 5) is 4.03. The highest BCUT2D eigenvalue weighted by Crippen LogP contribution is 2.33. The second-order valence-electron chi connectivity index (χ2n) is 3.32. The maximum absolute atomic E-state index is 10.0. The van der Waals surface area contributed by atoms with Crippen LogP contribution < -0.4 is 0 Å². The number of aromatic nitrogens is 1. The number of halogens is 1. The van der Waals surface area contributed by atoms with E-state index in [2.05, 4.69) is 20.9 Å². The first kappa shape index (κ1) is 9.12. The maximum atomic E-state index is 10.0. The van der Waals surface area contributed by atoms with E-state index >= 15 is 0 Å². The van der Waals surface area contributed by atoms with Gasteiger partial charge < -0.3 is 9.84 Å². The first-order valence-electron chi connectivity index (χ1n) is 4.04. The lowest BCUT2D eigenvalue weighted by molar-refractivity contribution is -0.185. The molecule has 1 fully saturated rings. The molecule has 1 aromatic heterocycles. The van der Waals surface area contributed by atoms with E-state index in [1.807, 2.05) is 6.92 Å². The van der Waals surface area contributed by atoms with Crippen molar-refractivity contribution in [1.29, 1.82) is 0 Å². The largest absolute Gasteiger partial charge is 0.380 e. The number of aliphatic hydroxyl groups is 1. The molecule has 1 aromatic rings. The SMILES string of the molecule is Cc1c(Br)cncc1C1(O)COC1. The van der Waals surface area contributed by atoms with Gasteiger partial charge in [-0.3, -0.25) is 4.98 Å². The molecule has 1 aliphatic heterocycles. The normalized spacial score (nSPS) is 19.6. The van der Waals surface area contributed by atoms with Crippen LogP contribution in [0.5, 0.6) is 0 Å². The highest BCUT2D eigenvalue weighted by atomic mass is 79.9. The molecule has 0 aromatic carbocycles. The molecule has 0 aliphatic carbocycles. The lowest BCUT2D eigenvalue weighted by Crippen LogP contribution is -2.47. The molecule has 2 rings (SSSR count). The summed E-state index contributed by atoms with van der Waals surface area (Å²) < 4.78 is 5.92. The summed E-state index contributed by atoms with van der Waals surface area (Å²) in [6.07, 6.45) is 3.42. The van der Waals surface area contributed by atoms with Gasteiger partial charge in [-0.2, -0.15) is 0 Å². The monoisotopic (exact) mass is 243 g/mol. The Bertz CT molecular complexity index is 336. The molecule has 2 heterocycles. The number of rotatable bonds is 1. The second-order valence-corrected chi connectivity index (χ2v) is 4.17.